The van der Waals surface area contributed by atoms with E-state index in [9.17, 15) is 0 Å². The van der Waals surface area contributed by atoms with Gasteiger partial charge in [-0.1, -0.05) is 13.0 Å². The van der Waals surface area contributed by atoms with Crippen molar-refractivity contribution in [3.05, 3.63) is 58.9 Å². The summed E-state index contributed by atoms with van der Waals surface area (Å²) in [6.07, 6.45) is 6.63. The normalized spacial score (nSPS) is 12.3. The van der Waals surface area contributed by atoms with E-state index in [1.54, 1.807) is 17.5 Å². The number of anilines is 1. The van der Waals surface area contributed by atoms with Gasteiger partial charge in [0.05, 0.1) is 17.9 Å². The summed E-state index contributed by atoms with van der Waals surface area (Å²) in [5, 5.41) is 5.66. The van der Waals surface area contributed by atoms with Crippen LogP contribution in [-0.4, -0.2) is 14.5 Å². The first kappa shape index (κ1) is 13.8. The molecule has 108 valence electrons. The van der Waals surface area contributed by atoms with Crippen LogP contribution in [0.15, 0.2) is 48.2 Å². The van der Waals surface area contributed by atoms with E-state index in [0.717, 1.165) is 23.8 Å². The zero-order chi connectivity index (χ0) is 14.7. The second-order valence-electron chi connectivity index (χ2n) is 4.87. The first-order valence-corrected chi connectivity index (χ1v) is 7.92. The molecule has 0 aliphatic heterocycles. The summed E-state index contributed by atoms with van der Waals surface area (Å²) < 4.78 is 1.97. The molecule has 4 nitrogen and oxygen atoms in total. The van der Waals surface area contributed by atoms with Gasteiger partial charge in [0.25, 0.3) is 0 Å². The minimum absolute atomic E-state index is 0.340. The molecular weight excluding hydrogens is 280 g/mol. The molecule has 0 aliphatic carbocycles. The zero-order valence-corrected chi connectivity index (χ0v) is 13.0. The summed E-state index contributed by atoms with van der Waals surface area (Å²) in [4.78, 5) is 10.1. The number of pyridine rings is 1. The van der Waals surface area contributed by atoms with Gasteiger partial charge < -0.3 is 5.32 Å². The Kier molecular flexibility index (Phi) is 4.01. The molecule has 3 rings (SSSR count). The number of aryl methyl sites for hydroxylation is 1. The van der Waals surface area contributed by atoms with Gasteiger partial charge in [0.2, 0.25) is 0 Å². The number of aromatic nitrogens is 3. The molecule has 3 aromatic rings. The molecule has 21 heavy (non-hydrogen) atoms. The number of nitrogens with one attached hydrogen (secondary N) is 1. The third-order valence-corrected chi connectivity index (χ3v) is 4.44. The average molecular weight is 298 g/mol. The third-order valence-electron chi connectivity index (χ3n) is 3.46. The Balaban J connectivity index is 1.77. The highest BCUT2D eigenvalue weighted by molar-refractivity contribution is 7.10. The van der Waals surface area contributed by atoms with Crippen LogP contribution < -0.4 is 5.32 Å². The van der Waals surface area contributed by atoms with E-state index in [1.165, 1.54) is 4.88 Å². The van der Waals surface area contributed by atoms with Gasteiger partial charge in [-0.15, -0.1) is 11.3 Å². The quantitative estimate of drug-likeness (QED) is 0.767. The average Bonchev–Trinajstić information content (AvgIpc) is 3.17. The molecule has 0 radical (unpaired) electrons. The Morgan fingerprint density at radius 1 is 1.29 bits per heavy atom. The van der Waals surface area contributed by atoms with Crippen LogP contribution in [0.25, 0.3) is 5.82 Å². The van der Waals surface area contributed by atoms with Crippen LogP contribution in [0.1, 0.15) is 30.1 Å². The van der Waals surface area contributed by atoms with Crippen LogP contribution in [0.3, 0.4) is 0 Å². The van der Waals surface area contributed by atoms with E-state index in [2.05, 4.69) is 45.8 Å². The lowest BCUT2D eigenvalue weighted by molar-refractivity contribution is 0.763. The van der Waals surface area contributed by atoms with E-state index in [0.29, 0.717) is 6.04 Å². The predicted octanol–water partition coefficient (Wildman–Crippen LogP) is 4.20. The monoisotopic (exact) mass is 298 g/mol. The van der Waals surface area contributed by atoms with Gasteiger partial charge in [-0.25, -0.2) is 9.97 Å². The Bertz CT molecular complexity index is 685. The molecule has 0 fully saturated rings. The van der Waals surface area contributed by atoms with Gasteiger partial charge in [-0.3, -0.25) is 4.57 Å². The molecule has 0 bridgehead atoms. The van der Waals surface area contributed by atoms with Gasteiger partial charge in [-0.05, 0) is 36.9 Å². The minimum atomic E-state index is 0.340. The lowest BCUT2D eigenvalue weighted by atomic mass is 10.2. The Labute approximate surface area is 128 Å². The van der Waals surface area contributed by atoms with Gasteiger partial charge in [-0.2, -0.15) is 0 Å². The van der Waals surface area contributed by atoms with Gasteiger partial charge in [0.15, 0.2) is 0 Å². The Hall–Kier alpha value is -2.14. The summed E-state index contributed by atoms with van der Waals surface area (Å²) in [6, 6.07) is 8.68. The molecule has 0 aromatic carbocycles. The van der Waals surface area contributed by atoms with E-state index in [1.807, 2.05) is 30.0 Å². The molecule has 0 amide bonds. The maximum atomic E-state index is 4.51. The number of imidazole rings is 1. The molecule has 3 aromatic heterocycles. The van der Waals surface area contributed by atoms with E-state index >= 15 is 0 Å². The maximum Gasteiger partial charge on any atom is 0.138 e. The lowest BCUT2D eigenvalue weighted by Gasteiger charge is -2.17. The van der Waals surface area contributed by atoms with Crippen molar-refractivity contribution in [2.24, 2.45) is 0 Å². The highest BCUT2D eigenvalue weighted by Crippen LogP contribution is 2.26. The number of hydrogen-bond acceptors (Lipinski definition) is 4. The fourth-order valence-electron chi connectivity index (χ4n) is 2.30. The van der Waals surface area contributed by atoms with Crippen molar-refractivity contribution in [3.63, 3.8) is 0 Å². The van der Waals surface area contributed by atoms with Crippen molar-refractivity contribution in [1.82, 2.24) is 14.5 Å². The van der Waals surface area contributed by atoms with Crippen molar-refractivity contribution in [3.8, 4) is 5.82 Å². The minimum Gasteiger partial charge on any atom is -0.376 e. The van der Waals surface area contributed by atoms with Crippen LogP contribution in [0, 0.1) is 6.92 Å². The fourth-order valence-corrected chi connectivity index (χ4v) is 3.16. The van der Waals surface area contributed by atoms with Crippen molar-refractivity contribution in [2.75, 3.05) is 5.32 Å². The number of nitrogens with zero attached hydrogens (tertiary/aromatic N) is 3. The second-order valence-corrected chi connectivity index (χ2v) is 5.85. The Morgan fingerprint density at radius 3 is 2.76 bits per heavy atom. The molecule has 1 unspecified atom stereocenters. The van der Waals surface area contributed by atoms with Crippen molar-refractivity contribution >= 4 is 17.0 Å². The van der Waals surface area contributed by atoms with Gasteiger partial charge in [0, 0.05) is 17.3 Å². The standard InChI is InChI=1S/C16H18N4S/c1-3-14(15-5-4-10-21-15)19-13-6-7-16(18-11-13)20-9-8-17-12(20)2/h4-11,14,19H,3H2,1-2H3. The zero-order valence-electron chi connectivity index (χ0n) is 12.2. The van der Waals surface area contributed by atoms with Crippen LogP contribution in [0.2, 0.25) is 0 Å². The summed E-state index contributed by atoms with van der Waals surface area (Å²) in [5.41, 5.74) is 1.04. The highest BCUT2D eigenvalue weighted by atomic mass is 32.1. The van der Waals surface area contributed by atoms with Crippen molar-refractivity contribution in [1.29, 1.82) is 0 Å². The largest absolute Gasteiger partial charge is 0.376 e. The summed E-state index contributed by atoms with van der Waals surface area (Å²) in [5.74, 6) is 1.83. The second kappa shape index (κ2) is 6.10. The van der Waals surface area contributed by atoms with Crippen molar-refractivity contribution < 1.29 is 0 Å². The number of hydrogen-bond donors (Lipinski definition) is 1. The van der Waals surface area contributed by atoms with Crippen molar-refractivity contribution in [2.45, 2.75) is 26.3 Å². The SMILES string of the molecule is CCC(Nc1ccc(-n2ccnc2C)nc1)c1cccs1. The molecular formula is C16H18N4S. The molecule has 0 saturated carbocycles. The van der Waals surface area contributed by atoms with Gasteiger partial charge in [0.1, 0.15) is 11.6 Å². The van der Waals surface area contributed by atoms with Crippen LogP contribution in [0.4, 0.5) is 5.69 Å². The molecule has 1 atom stereocenters. The van der Waals surface area contributed by atoms with Crippen LogP contribution in [-0.2, 0) is 0 Å². The number of thiophene rings is 1. The first-order chi connectivity index (χ1) is 10.3. The lowest BCUT2D eigenvalue weighted by Crippen LogP contribution is -2.08. The van der Waals surface area contributed by atoms with Crippen LogP contribution in [0.5, 0.6) is 0 Å². The van der Waals surface area contributed by atoms with Gasteiger partial charge >= 0.3 is 0 Å². The van der Waals surface area contributed by atoms with E-state index < -0.39 is 0 Å². The molecule has 1 N–H and O–H groups in total. The number of rotatable bonds is 5. The van der Waals surface area contributed by atoms with E-state index in [4.69, 9.17) is 0 Å². The smallest absolute Gasteiger partial charge is 0.138 e. The van der Waals surface area contributed by atoms with E-state index in [-0.39, 0.29) is 0 Å². The fraction of sp³-hybridized carbons (Fsp3) is 0.250. The third kappa shape index (κ3) is 2.97. The predicted molar refractivity (Wildman–Crippen MR) is 87.1 cm³/mol. The molecule has 0 aliphatic rings. The maximum absolute atomic E-state index is 4.51. The first-order valence-electron chi connectivity index (χ1n) is 7.04. The summed E-state index contributed by atoms with van der Waals surface area (Å²) >= 11 is 1.78. The summed E-state index contributed by atoms with van der Waals surface area (Å²) in [6.45, 7) is 4.16. The summed E-state index contributed by atoms with van der Waals surface area (Å²) in [7, 11) is 0. The van der Waals surface area contributed by atoms with Crippen LogP contribution >= 0.6 is 11.3 Å². The molecule has 0 saturated heterocycles. The topological polar surface area (TPSA) is 42.7 Å². The highest BCUT2D eigenvalue weighted by Gasteiger charge is 2.10. The molecule has 5 heteroatoms. The Morgan fingerprint density at radius 2 is 2.19 bits per heavy atom. The molecule has 0 spiro atoms. The molecule has 3 heterocycles.